The topological polar surface area (TPSA) is 39.2 Å². The van der Waals surface area contributed by atoms with Crippen LogP contribution in [0.1, 0.15) is 29.7 Å². The summed E-state index contributed by atoms with van der Waals surface area (Å²) in [5.74, 6) is 1.40. The monoisotopic (exact) mass is 281 g/mol. The molecule has 0 aliphatic heterocycles. The molecule has 0 radical (unpaired) electrons. The Bertz CT molecular complexity index is 780. The normalized spacial score (nSPS) is 22.4. The third-order valence-corrected chi connectivity index (χ3v) is 4.35. The second-order valence-corrected chi connectivity index (χ2v) is 5.77. The molecular weight excluding hydrogens is 265 g/mol. The maximum atomic E-state index is 13.2. The van der Waals surface area contributed by atoms with E-state index in [0.717, 1.165) is 17.6 Å². The molecule has 4 rings (SSSR count). The Morgan fingerprint density at radius 2 is 1.90 bits per heavy atom. The fraction of sp³-hybridized carbons (Fsp3) is 0.222. The second kappa shape index (κ2) is 4.71. The van der Waals surface area contributed by atoms with Crippen LogP contribution in [0, 0.1) is 11.7 Å². The van der Waals surface area contributed by atoms with E-state index in [4.69, 9.17) is 10.2 Å². The molecule has 1 aliphatic rings. The quantitative estimate of drug-likeness (QED) is 0.774. The molecule has 3 atom stereocenters. The SMILES string of the molecule is NC(c1cc2cc(F)ccc2o1)C1CC1c1ccccc1. The average Bonchev–Trinajstić information content (AvgIpc) is 3.20. The number of furan rings is 1. The van der Waals surface area contributed by atoms with Gasteiger partial charge in [-0.05, 0) is 48.1 Å². The summed E-state index contributed by atoms with van der Waals surface area (Å²) < 4.78 is 19.0. The fourth-order valence-corrected chi connectivity index (χ4v) is 3.11. The zero-order valence-corrected chi connectivity index (χ0v) is 11.5. The van der Waals surface area contributed by atoms with E-state index in [1.807, 2.05) is 12.1 Å². The van der Waals surface area contributed by atoms with Gasteiger partial charge in [0.05, 0.1) is 6.04 Å². The Labute approximate surface area is 122 Å². The van der Waals surface area contributed by atoms with Gasteiger partial charge in [-0.3, -0.25) is 0 Å². The highest BCUT2D eigenvalue weighted by Gasteiger charge is 2.44. The van der Waals surface area contributed by atoms with Gasteiger partial charge in [0.1, 0.15) is 17.2 Å². The minimum Gasteiger partial charge on any atom is -0.459 e. The van der Waals surface area contributed by atoms with Crippen molar-refractivity contribution in [1.29, 1.82) is 0 Å². The number of nitrogens with two attached hydrogens (primary N) is 1. The smallest absolute Gasteiger partial charge is 0.134 e. The Morgan fingerprint density at radius 3 is 2.71 bits per heavy atom. The van der Waals surface area contributed by atoms with Crippen LogP contribution < -0.4 is 5.73 Å². The molecule has 3 unspecified atom stereocenters. The van der Waals surface area contributed by atoms with Crippen LogP contribution in [0.3, 0.4) is 0 Å². The molecule has 2 nitrogen and oxygen atoms in total. The second-order valence-electron chi connectivity index (χ2n) is 5.77. The highest BCUT2D eigenvalue weighted by molar-refractivity contribution is 5.78. The molecule has 3 heteroatoms. The summed E-state index contributed by atoms with van der Waals surface area (Å²) >= 11 is 0. The van der Waals surface area contributed by atoms with Gasteiger partial charge in [0.25, 0.3) is 0 Å². The lowest BCUT2D eigenvalue weighted by molar-refractivity contribution is 0.462. The van der Waals surface area contributed by atoms with Gasteiger partial charge in [-0.2, -0.15) is 0 Å². The maximum absolute atomic E-state index is 13.2. The molecule has 0 bridgehead atoms. The van der Waals surface area contributed by atoms with E-state index in [1.165, 1.54) is 17.7 Å². The van der Waals surface area contributed by atoms with Crippen molar-refractivity contribution in [3.8, 4) is 0 Å². The summed E-state index contributed by atoms with van der Waals surface area (Å²) in [5.41, 5.74) is 8.37. The molecular formula is C18H16FNO. The van der Waals surface area contributed by atoms with Gasteiger partial charge in [0.15, 0.2) is 0 Å². The molecule has 1 fully saturated rings. The first-order valence-electron chi connectivity index (χ1n) is 7.22. The van der Waals surface area contributed by atoms with Gasteiger partial charge in [0.2, 0.25) is 0 Å². The third kappa shape index (κ3) is 2.24. The van der Waals surface area contributed by atoms with Crippen LogP contribution in [0.4, 0.5) is 4.39 Å². The Hall–Kier alpha value is -2.13. The van der Waals surface area contributed by atoms with Gasteiger partial charge in [-0.1, -0.05) is 30.3 Å². The van der Waals surface area contributed by atoms with Crippen molar-refractivity contribution in [2.75, 3.05) is 0 Å². The standard InChI is InChI=1S/C18H16FNO/c19-13-6-7-16-12(8-13)9-17(21-16)18(20)15-10-14(15)11-4-2-1-3-5-11/h1-9,14-15,18H,10,20H2. The van der Waals surface area contributed by atoms with E-state index in [9.17, 15) is 4.39 Å². The van der Waals surface area contributed by atoms with E-state index in [-0.39, 0.29) is 11.9 Å². The van der Waals surface area contributed by atoms with Crippen molar-refractivity contribution in [2.24, 2.45) is 11.7 Å². The molecule has 21 heavy (non-hydrogen) atoms. The number of halogens is 1. The maximum Gasteiger partial charge on any atom is 0.134 e. The van der Waals surface area contributed by atoms with E-state index in [2.05, 4.69) is 24.3 Å². The lowest BCUT2D eigenvalue weighted by atomic mass is 10.0. The first-order chi connectivity index (χ1) is 10.2. The summed E-state index contributed by atoms with van der Waals surface area (Å²) in [7, 11) is 0. The highest BCUT2D eigenvalue weighted by Crippen LogP contribution is 2.53. The highest BCUT2D eigenvalue weighted by atomic mass is 19.1. The number of hydrogen-bond donors (Lipinski definition) is 1. The molecule has 1 aromatic heterocycles. The van der Waals surface area contributed by atoms with Crippen molar-refractivity contribution in [3.63, 3.8) is 0 Å². The van der Waals surface area contributed by atoms with Crippen molar-refractivity contribution < 1.29 is 8.81 Å². The van der Waals surface area contributed by atoms with E-state index in [1.54, 1.807) is 6.07 Å². The summed E-state index contributed by atoms with van der Waals surface area (Å²) in [6, 6.07) is 16.7. The lowest BCUT2D eigenvalue weighted by Gasteiger charge is -2.08. The van der Waals surface area contributed by atoms with E-state index < -0.39 is 0 Å². The summed E-state index contributed by atoms with van der Waals surface area (Å²) in [6.07, 6.45) is 1.08. The van der Waals surface area contributed by atoms with Crippen LogP contribution in [0.5, 0.6) is 0 Å². The van der Waals surface area contributed by atoms with Gasteiger partial charge in [0, 0.05) is 5.39 Å². The minimum absolute atomic E-state index is 0.134. The zero-order valence-electron chi connectivity index (χ0n) is 11.5. The van der Waals surface area contributed by atoms with Crippen molar-refractivity contribution in [3.05, 3.63) is 71.7 Å². The van der Waals surface area contributed by atoms with Gasteiger partial charge < -0.3 is 10.2 Å². The Kier molecular flexibility index (Phi) is 2.82. The fourth-order valence-electron chi connectivity index (χ4n) is 3.11. The van der Waals surface area contributed by atoms with Crippen LogP contribution in [0.15, 0.2) is 59.0 Å². The van der Waals surface area contributed by atoms with Crippen LogP contribution in [-0.4, -0.2) is 0 Å². The van der Waals surface area contributed by atoms with Crippen molar-refractivity contribution in [1.82, 2.24) is 0 Å². The first-order valence-corrected chi connectivity index (χ1v) is 7.22. The van der Waals surface area contributed by atoms with Crippen molar-refractivity contribution >= 4 is 11.0 Å². The average molecular weight is 281 g/mol. The summed E-state index contributed by atoms with van der Waals surface area (Å²) in [4.78, 5) is 0. The number of hydrogen-bond acceptors (Lipinski definition) is 2. The summed E-state index contributed by atoms with van der Waals surface area (Å²) in [6.45, 7) is 0. The number of rotatable bonds is 3. The molecule has 2 N–H and O–H groups in total. The predicted molar refractivity (Wildman–Crippen MR) is 80.4 cm³/mol. The Morgan fingerprint density at radius 1 is 1.10 bits per heavy atom. The molecule has 3 aromatic rings. The van der Waals surface area contributed by atoms with Crippen LogP contribution in [-0.2, 0) is 0 Å². The summed E-state index contributed by atoms with van der Waals surface area (Å²) in [5, 5.41) is 0.775. The molecule has 0 saturated heterocycles. The van der Waals surface area contributed by atoms with E-state index in [0.29, 0.717) is 17.4 Å². The van der Waals surface area contributed by atoms with Crippen LogP contribution in [0.2, 0.25) is 0 Å². The van der Waals surface area contributed by atoms with Gasteiger partial charge in [-0.15, -0.1) is 0 Å². The molecule has 0 spiro atoms. The van der Waals surface area contributed by atoms with Crippen LogP contribution >= 0.6 is 0 Å². The number of fused-ring (bicyclic) bond motifs is 1. The van der Waals surface area contributed by atoms with E-state index >= 15 is 0 Å². The largest absolute Gasteiger partial charge is 0.459 e. The molecule has 2 aromatic carbocycles. The van der Waals surface area contributed by atoms with Gasteiger partial charge >= 0.3 is 0 Å². The van der Waals surface area contributed by atoms with Gasteiger partial charge in [-0.25, -0.2) is 4.39 Å². The Balaban J connectivity index is 1.58. The number of benzene rings is 2. The molecule has 106 valence electrons. The molecule has 0 amide bonds. The molecule has 1 aliphatic carbocycles. The minimum atomic E-state index is -0.253. The first kappa shape index (κ1) is 12.6. The molecule has 1 heterocycles. The van der Waals surface area contributed by atoms with Crippen LogP contribution in [0.25, 0.3) is 11.0 Å². The third-order valence-electron chi connectivity index (χ3n) is 4.35. The molecule has 1 saturated carbocycles. The predicted octanol–water partition coefficient (Wildman–Crippen LogP) is 4.38. The van der Waals surface area contributed by atoms with Crippen molar-refractivity contribution in [2.45, 2.75) is 18.4 Å². The lowest BCUT2D eigenvalue weighted by Crippen LogP contribution is -2.12. The zero-order chi connectivity index (χ0) is 14.4.